The number of nitrogen functional groups attached to an aromatic ring is 1. The third-order valence-corrected chi connectivity index (χ3v) is 2.32. The van der Waals surface area contributed by atoms with Crippen molar-refractivity contribution < 1.29 is 4.74 Å². The van der Waals surface area contributed by atoms with Crippen molar-refractivity contribution in [3.8, 4) is 11.7 Å². The predicted octanol–water partition coefficient (Wildman–Crippen LogP) is 0.719. The number of methoxy groups -OCH3 is 1. The molecule has 0 radical (unpaired) electrons. The summed E-state index contributed by atoms with van der Waals surface area (Å²) in [6, 6.07) is 1.64. The van der Waals surface area contributed by atoms with Crippen LogP contribution in [0.4, 0.5) is 5.95 Å². The van der Waals surface area contributed by atoms with Crippen molar-refractivity contribution in [3.05, 3.63) is 16.6 Å². The summed E-state index contributed by atoms with van der Waals surface area (Å²) in [5.74, 6) is 1.75. The molecule has 2 aromatic rings. The number of ether oxygens (including phenoxy) is 1. The van der Waals surface area contributed by atoms with Crippen LogP contribution in [0.5, 0.6) is 5.88 Å². The second-order valence-corrected chi connectivity index (χ2v) is 3.68. The third-order valence-electron chi connectivity index (χ3n) is 1.81. The Morgan fingerprint density at radius 2 is 2.12 bits per heavy atom. The van der Waals surface area contributed by atoms with Gasteiger partial charge in [0.1, 0.15) is 5.82 Å². The molecular formula is C8H9BrN6O. The first-order valence-electron chi connectivity index (χ1n) is 4.38. The van der Waals surface area contributed by atoms with Gasteiger partial charge in [0, 0.05) is 6.07 Å². The Morgan fingerprint density at radius 1 is 1.38 bits per heavy atom. The second-order valence-electron chi connectivity index (χ2n) is 2.97. The van der Waals surface area contributed by atoms with E-state index in [2.05, 4.69) is 36.0 Å². The van der Waals surface area contributed by atoms with E-state index in [1.807, 2.05) is 0 Å². The molecule has 0 unspecified atom stereocenters. The summed E-state index contributed by atoms with van der Waals surface area (Å²) in [5.41, 5.74) is 5.48. The van der Waals surface area contributed by atoms with E-state index in [4.69, 9.17) is 10.5 Å². The maximum atomic E-state index is 5.48. The predicted molar refractivity (Wildman–Crippen MR) is 60.4 cm³/mol. The van der Waals surface area contributed by atoms with Crippen LogP contribution in [-0.2, 0) is 0 Å². The van der Waals surface area contributed by atoms with Crippen LogP contribution in [0.15, 0.2) is 10.8 Å². The first-order valence-corrected chi connectivity index (χ1v) is 5.17. The molecular weight excluding hydrogens is 276 g/mol. The number of aromatic nitrogens is 5. The zero-order chi connectivity index (χ0) is 11.7. The number of hydrogen-bond donors (Lipinski definition) is 1. The van der Waals surface area contributed by atoms with Crippen molar-refractivity contribution in [2.45, 2.75) is 6.92 Å². The molecule has 0 aliphatic rings. The molecule has 0 saturated heterocycles. The fourth-order valence-electron chi connectivity index (χ4n) is 1.19. The van der Waals surface area contributed by atoms with Gasteiger partial charge in [0.15, 0.2) is 5.82 Å². The molecule has 0 aliphatic carbocycles. The molecule has 0 saturated carbocycles. The van der Waals surface area contributed by atoms with E-state index in [0.29, 0.717) is 22.3 Å². The minimum atomic E-state index is 0.169. The number of nitrogens with two attached hydrogens (primary N) is 1. The molecule has 0 atom stereocenters. The van der Waals surface area contributed by atoms with Gasteiger partial charge in [-0.15, -0.1) is 5.10 Å². The average molecular weight is 285 g/mol. The van der Waals surface area contributed by atoms with Gasteiger partial charge in [0.2, 0.25) is 16.6 Å². The van der Waals surface area contributed by atoms with E-state index < -0.39 is 0 Å². The standard InChI is InChI=1S/C8H9BrN6O/c1-4-11-5(3-6(12-4)16-2)15-7(9)13-8(10)14-15/h3H,1-2H3,(H2,10,14). The van der Waals surface area contributed by atoms with E-state index >= 15 is 0 Å². The van der Waals surface area contributed by atoms with Gasteiger partial charge in [0.25, 0.3) is 0 Å². The lowest BCUT2D eigenvalue weighted by Gasteiger charge is -2.04. The lowest BCUT2D eigenvalue weighted by molar-refractivity contribution is 0.395. The maximum absolute atomic E-state index is 5.48. The molecule has 16 heavy (non-hydrogen) atoms. The van der Waals surface area contributed by atoms with Gasteiger partial charge >= 0.3 is 0 Å². The Kier molecular flexibility index (Phi) is 2.73. The van der Waals surface area contributed by atoms with Crippen molar-refractivity contribution in [2.24, 2.45) is 0 Å². The van der Waals surface area contributed by atoms with Crippen LogP contribution in [0.2, 0.25) is 0 Å². The Labute approximate surface area is 99.8 Å². The molecule has 84 valence electrons. The second kappa shape index (κ2) is 4.05. The quantitative estimate of drug-likeness (QED) is 0.874. The number of rotatable bonds is 2. The van der Waals surface area contributed by atoms with Crippen molar-refractivity contribution in [1.82, 2.24) is 24.7 Å². The number of hydrogen-bond acceptors (Lipinski definition) is 6. The average Bonchev–Trinajstić information content (AvgIpc) is 2.57. The highest BCUT2D eigenvalue weighted by molar-refractivity contribution is 9.10. The summed E-state index contributed by atoms with van der Waals surface area (Å²) in [7, 11) is 1.54. The van der Waals surface area contributed by atoms with Crippen molar-refractivity contribution in [2.75, 3.05) is 12.8 Å². The minimum Gasteiger partial charge on any atom is -0.481 e. The van der Waals surface area contributed by atoms with E-state index in [1.54, 1.807) is 13.0 Å². The van der Waals surface area contributed by atoms with Gasteiger partial charge in [-0.2, -0.15) is 14.6 Å². The lowest BCUT2D eigenvalue weighted by atomic mass is 10.5. The summed E-state index contributed by atoms with van der Waals surface area (Å²) < 4.78 is 6.99. The molecule has 0 aromatic carbocycles. The Balaban J connectivity index is 2.55. The van der Waals surface area contributed by atoms with Crippen molar-refractivity contribution in [1.29, 1.82) is 0 Å². The van der Waals surface area contributed by atoms with Gasteiger partial charge < -0.3 is 10.5 Å². The molecule has 0 fully saturated rings. The largest absolute Gasteiger partial charge is 0.481 e. The highest BCUT2D eigenvalue weighted by Crippen LogP contribution is 2.17. The molecule has 8 heteroatoms. The van der Waals surface area contributed by atoms with Crippen LogP contribution in [0.1, 0.15) is 5.82 Å². The van der Waals surface area contributed by atoms with Gasteiger partial charge in [-0.1, -0.05) is 0 Å². The van der Waals surface area contributed by atoms with E-state index in [-0.39, 0.29) is 5.95 Å². The van der Waals surface area contributed by atoms with Gasteiger partial charge in [-0.05, 0) is 22.9 Å². The molecule has 0 aliphatic heterocycles. The summed E-state index contributed by atoms with van der Waals surface area (Å²) in [4.78, 5) is 12.2. The van der Waals surface area contributed by atoms with Gasteiger partial charge in [0.05, 0.1) is 7.11 Å². The molecule has 2 rings (SSSR count). The molecule has 7 nitrogen and oxygen atoms in total. The first-order chi connectivity index (χ1) is 7.60. The Hall–Kier alpha value is -1.70. The fraction of sp³-hybridized carbons (Fsp3) is 0.250. The normalized spacial score (nSPS) is 10.4. The van der Waals surface area contributed by atoms with Crippen LogP contribution in [0, 0.1) is 6.92 Å². The molecule has 0 amide bonds. The number of nitrogens with zero attached hydrogens (tertiary/aromatic N) is 5. The van der Waals surface area contributed by atoms with Crippen LogP contribution in [0.25, 0.3) is 5.82 Å². The van der Waals surface area contributed by atoms with Crippen LogP contribution in [0.3, 0.4) is 0 Å². The Morgan fingerprint density at radius 3 is 2.69 bits per heavy atom. The van der Waals surface area contributed by atoms with Gasteiger partial charge in [-0.25, -0.2) is 4.98 Å². The summed E-state index contributed by atoms with van der Waals surface area (Å²) in [5, 5.41) is 3.99. The van der Waals surface area contributed by atoms with Crippen molar-refractivity contribution >= 4 is 21.9 Å². The smallest absolute Gasteiger partial charge is 0.240 e. The highest BCUT2D eigenvalue weighted by Gasteiger charge is 2.10. The van der Waals surface area contributed by atoms with Crippen LogP contribution in [-0.4, -0.2) is 31.8 Å². The Bertz CT molecular complexity index is 525. The molecule has 2 heterocycles. The third kappa shape index (κ3) is 1.96. The lowest BCUT2D eigenvalue weighted by Crippen LogP contribution is -2.04. The SMILES string of the molecule is COc1cc(-n2nc(N)nc2Br)nc(C)n1. The van der Waals surface area contributed by atoms with E-state index in [9.17, 15) is 0 Å². The zero-order valence-corrected chi connectivity index (χ0v) is 10.3. The molecule has 2 aromatic heterocycles. The van der Waals surface area contributed by atoms with E-state index in [1.165, 1.54) is 11.8 Å². The minimum absolute atomic E-state index is 0.169. The molecule has 2 N–H and O–H groups in total. The van der Waals surface area contributed by atoms with E-state index in [0.717, 1.165) is 0 Å². The van der Waals surface area contributed by atoms with Crippen LogP contribution < -0.4 is 10.5 Å². The molecule has 0 spiro atoms. The first kappa shape index (κ1) is 10.8. The van der Waals surface area contributed by atoms with Gasteiger partial charge in [-0.3, -0.25) is 0 Å². The summed E-state index contributed by atoms with van der Waals surface area (Å²) in [6.07, 6.45) is 0. The number of anilines is 1. The topological polar surface area (TPSA) is 91.7 Å². The highest BCUT2D eigenvalue weighted by atomic mass is 79.9. The summed E-state index contributed by atoms with van der Waals surface area (Å²) in [6.45, 7) is 1.76. The number of halogens is 1. The maximum Gasteiger partial charge on any atom is 0.240 e. The summed E-state index contributed by atoms with van der Waals surface area (Å²) >= 11 is 3.23. The molecule has 0 bridgehead atoms. The fourth-order valence-corrected chi connectivity index (χ4v) is 1.63. The van der Waals surface area contributed by atoms with Crippen molar-refractivity contribution in [3.63, 3.8) is 0 Å². The van der Waals surface area contributed by atoms with Crippen LogP contribution >= 0.6 is 15.9 Å². The zero-order valence-electron chi connectivity index (χ0n) is 8.68. The number of aryl methyl sites for hydroxylation is 1. The monoisotopic (exact) mass is 284 g/mol.